The zero-order chi connectivity index (χ0) is 20.5. The van der Waals surface area contributed by atoms with Crippen LogP contribution in [0.4, 0.5) is 8.78 Å². The van der Waals surface area contributed by atoms with Gasteiger partial charge < -0.3 is 14.7 Å². The predicted octanol–water partition coefficient (Wildman–Crippen LogP) is 3.46. The van der Waals surface area contributed by atoms with Crippen molar-refractivity contribution < 1.29 is 18.6 Å². The predicted molar refractivity (Wildman–Crippen MR) is 110 cm³/mol. The summed E-state index contributed by atoms with van der Waals surface area (Å²) in [7, 11) is 0. The number of ether oxygens (including phenoxy) is 1. The molecule has 0 atom stereocenters. The summed E-state index contributed by atoms with van der Waals surface area (Å²) >= 11 is 0. The quantitative estimate of drug-likeness (QED) is 0.616. The first-order chi connectivity index (χ1) is 14.2. The van der Waals surface area contributed by atoms with Crippen LogP contribution in [0.5, 0.6) is 0 Å². The molecule has 0 radical (unpaired) electrons. The van der Waals surface area contributed by atoms with Gasteiger partial charge in [0, 0.05) is 39.3 Å². The van der Waals surface area contributed by atoms with E-state index in [9.17, 15) is 8.78 Å². The third kappa shape index (κ3) is 6.85. The minimum absolute atomic E-state index is 0.264. The molecule has 1 saturated heterocycles. The molecule has 0 unspecified atom stereocenters. The lowest BCUT2D eigenvalue weighted by Gasteiger charge is -2.34. The lowest BCUT2D eigenvalue weighted by Crippen LogP contribution is -2.47. The highest BCUT2D eigenvalue weighted by Gasteiger charge is 2.19. The van der Waals surface area contributed by atoms with Crippen molar-refractivity contribution in [2.45, 2.75) is 18.9 Å². The van der Waals surface area contributed by atoms with Gasteiger partial charge in [-0.05, 0) is 54.8 Å². The average Bonchev–Trinajstić information content (AvgIpc) is 2.74. The second kappa shape index (κ2) is 11.4. The Kier molecular flexibility index (Phi) is 8.55. The zero-order valence-corrected chi connectivity index (χ0v) is 16.8. The molecule has 0 bridgehead atoms. The molecule has 0 saturated carbocycles. The maximum absolute atomic E-state index is 13.3. The maximum atomic E-state index is 13.3. The first-order valence-electron chi connectivity index (χ1n) is 10.3. The van der Waals surface area contributed by atoms with E-state index in [0.717, 1.165) is 63.2 Å². The van der Waals surface area contributed by atoms with E-state index >= 15 is 0 Å². The molecule has 29 heavy (non-hydrogen) atoms. The molecular weight excluding hydrogens is 374 g/mol. The number of rotatable bonds is 10. The third-order valence-corrected chi connectivity index (χ3v) is 5.38. The summed E-state index contributed by atoms with van der Waals surface area (Å²) in [6, 6.07) is 12.6. The Bertz CT molecular complexity index is 671. The van der Waals surface area contributed by atoms with Crippen molar-refractivity contribution in [3.8, 4) is 0 Å². The number of unbranched alkanes of at least 4 members (excludes halogenated alkanes) is 1. The SMILES string of the molecule is OCCCCN1CCN(CCOC(c2ccc(F)cc2)c2ccc(F)cc2)CC1. The van der Waals surface area contributed by atoms with Crippen LogP contribution in [-0.4, -0.2) is 67.4 Å². The van der Waals surface area contributed by atoms with E-state index < -0.39 is 0 Å². The molecule has 6 heteroatoms. The normalized spacial score (nSPS) is 15.9. The first kappa shape index (κ1) is 21.8. The summed E-state index contributed by atoms with van der Waals surface area (Å²) in [5.74, 6) is -0.577. The molecule has 3 rings (SSSR count). The number of piperazine rings is 1. The van der Waals surface area contributed by atoms with Crippen LogP contribution >= 0.6 is 0 Å². The van der Waals surface area contributed by atoms with Crippen molar-refractivity contribution in [3.05, 3.63) is 71.3 Å². The number of hydrogen-bond donors (Lipinski definition) is 1. The highest BCUT2D eigenvalue weighted by Crippen LogP contribution is 2.26. The van der Waals surface area contributed by atoms with Crippen molar-refractivity contribution in [1.29, 1.82) is 0 Å². The number of benzene rings is 2. The molecule has 0 aliphatic carbocycles. The fourth-order valence-electron chi connectivity index (χ4n) is 3.64. The molecule has 2 aromatic carbocycles. The average molecular weight is 405 g/mol. The Labute approximate surface area is 171 Å². The van der Waals surface area contributed by atoms with Gasteiger partial charge in [-0.3, -0.25) is 4.90 Å². The highest BCUT2D eigenvalue weighted by molar-refractivity contribution is 5.30. The van der Waals surface area contributed by atoms with Crippen LogP contribution in [0.25, 0.3) is 0 Å². The lowest BCUT2D eigenvalue weighted by atomic mass is 10.0. The van der Waals surface area contributed by atoms with Gasteiger partial charge in [0.05, 0.1) is 6.61 Å². The Morgan fingerprint density at radius 2 is 1.24 bits per heavy atom. The van der Waals surface area contributed by atoms with Crippen LogP contribution < -0.4 is 0 Å². The minimum Gasteiger partial charge on any atom is -0.396 e. The van der Waals surface area contributed by atoms with E-state index in [1.807, 2.05) is 0 Å². The number of halogens is 2. The van der Waals surface area contributed by atoms with E-state index in [4.69, 9.17) is 9.84 Å². The first-order valence-corrected chi connectivity index (χ1v) is 10.3. The Morgan fingerprint density at radius 3 is 1.72 bits per heavy atom. The smallest absolute Gasteiger partial charge is 0.123 e. The molecule has 0 spiro atoms. The summed E-state index contributed by atoms with van der Waals surface area (Å²) in [5.41, 5.74) is 1.71. The fourth-order valence-corrected chi connectivity index (χ4v) is 3.64. The van der Waals surface area contributed by atoms with Crippen LogP contribution in [0.3, 0.4) is 0 Å². The summed E-state index contributed by atoms with van der Waals surface area (Å²) < 4.78 is 32.8. The van der Waals surface area contributed by atoms with Gasteiger partial charge in [0.15, 0.2) is 0 Å². The second-order valence-corrected chi connectivity index (χ2v) is 7.47. The van der Waals surface area contributed by atoms with Crippen molar-refractivity contribution in [2.75, 3.05) is 52.5 Å². The van der Waals surface area contributed by atoms with E-state index in [1.165, 1.54) is 24.3 Å². The van der Waals surface area contributed by atoms with E-state index in [2.05, 4.69) is 9.80 Å². The van der Waals surface area contributed by atoms with Crippen LogP contribution in [0.2, 0.25) is 0 Å². The molecule has 1 fully saturated rings. The molecule has 4 nitrogen and oxygen atoms in total. The molecule has 2 aromatic rings. The van der Waals surface area contributed by atoms with E-state index in [-0.39, 0.29) is 24.3 Å². The highest BCUT2D eigenvalue weighted by atomic mass is 19.1. The largest absolute Gasteiger partial charge is 0.396 e. The van der Waals surface area contributed by atoms with Crippen molar-refractivity contribution in [3.63, 3.8) is 0 Å². The topological polar surface area (TPSA) is 35.9 Å². The second-order valence-electron chi connectivity index (χ2n) is 7.47. The van der Waals surface area contributed by atoms with Crippen LogP contribution in [0.1, 0.15) is 30.1 Å². The van der Waals surface area contributed by atoms with Gasteiger partial charge in [0.1, 0.15) is 17.7 Å². The van der Waals surface area contributed by atoms with Gasteiger partial charge in [-0.2, -0.15) is 0 Å². The summed E-state index contributed by atoms with van der Waals surface area (Å²) in [5, 5.41) is 8.89. The lowest BCUT2D eigenvalue weighted by molar-refractivity contribution is 0.0448. The molecule has 1 aliphatic rings. The van der Waals surface area contributed by atoms with Gasteiger partial charge in [-0.15, -0.1) is 0 Å². The van der Waals surface area contributed by atoms with E-state index in [1.54, 1.807) is 24.3 Å². The number of aliphatic hydroxyl groups is 1. The molecular formula is C23H30F2N2O2. The van der Waals surface area contributed by atoms with Gasteiger partial charge in [0.2, 0.25) is 0 Å². The monoisotopic (exact) mass is 404 g/mol. The molecule has 0 amide bonds. The van der Waals surface area contributed by atoms with Crippen LogP contribution in [0.15, 0.2) is 48.5 Å². The van der Waals surface area contributed by atoms with Crippen molar-refractivity contribution in [2.24, 2.45) is 0 Å². The minimum atomic E-state index is -0.351. The van der Waals surface area contributed by atoms with Gasteiger partial charge >= 0.3 is 0 Å². The number of aliphatic hydroxyl groups excluding tert-OH is 1. The van der Waals surface area contributed by atoms with Gasteiger partial charge in [0.25, 0.3) is 0 Å². The van der Waals surface area contributed by atoms with Crippen molar-refractivity contribution in [1.82, 2.24) is 9.80 Å². The van der Waals surface area contributed by atoms with Crippen LogP contribution in [0, 0.1) is 11.6 Å². The fraction of sp³-hybridized carbons (Fsp3) is 0.478. The maximum Gasteiger partial charge on any atom is 0.123 e. The zero-order valence-electron chi connectivity index (χ0n) is 16.8. The van der Waals surface area contributed by atoms with Crippen LogP contribution in [-0.2, 0) is 4.74 Å². The molecule has 0 aromatic heterocycles. The Balaban J connectivity index is 1.51. The van der Waals surface area contributed by atoms with Crippen molar-refractivity contribution >= 4 is 0 Å². The van der Waals surface area contributed by atoms with Gasteiger partial charge in [-0.25, -0.2) is 8.78 Å². The number of hydrogen-bond acceptors (Lipinski definition) is 4. The summed E-state index contributed by atoms with van der Waals surface area (Å²) in [6.45, 7) is 6.74. The molecule has 1 aliphatic heterocycles. The third-order valence-electron chi connectivity index (χ3n) is 5.38. The summed E-state index contributed by atoms with van der Waals surface area (Å²) in [6.07, 6.45) is 1.55. The Morgan fingerprint density at radius 1 is 0.759 bits per heavy atom. The molecule has 1 N–H and O–H groups in total. The number of nitrogens with zero attached hydrogens (tertiary/aromatic N) is 2. The molecule has 158 valence electrons. The summed E-state index contributed by atoms with van der Waals surface area (Å²) in [4.78, 5) is 4.82. The van der Waals surface area contributed by atoms with E-state index in [0.29, 0.717) is 6.61 Å². The van der Waals surface area contributed by atoms with Gasteiger partial charge in [-0.1, -0.05) is 24.3 Å². The molecule has 1 heterocycles. The Hall–Kier alpha value is -1.86. The standard InChI is InChI=1S/C23H30F2N2O2/c24-21-7-3-19(4-8-21)23(20-5-9-22(25)10-6-20)29-18-16-27-14-12-26(13-15-27)11-1-2-17-28/h3-10,23,28H,1-2,11-18H2.